The first kappa shape index (κ1) is 32.2. The fourth-order valence-electron chi connectivity index (χ4n) is 9.51. The van der Waals surface area contributed by atoms with Crippen molar-refractivity contribution in [3.8, 4) is 33.4 Å². The third-order valence-electron chi connectivity index (χ3n) is 12.3. The van der Waals surface area contributed by atoms with Crippen LogP contribution in [0.25, 0.3) is 81.3 Å². The summed E-state index contributed by atoms with van der Waals surface area (Å²) >= 11 is 1.84. The summed E-state index contributed by atoms with van der Waals surface area (Å²) in [6, 6.07) is 40.2. The van der Waals surface area contributed by atoms with Gasteiger partial charge in [-0.25, -0.2) is 4.99 Å². The number of nitrogens with two attached hydrogens (primary N) is 1. The minimum atomic E-state index is 0.0126. The van der Waals surface area contributed by atoms with Crippen molar-refractivity contribution in [1.29, 1.82) is 0 Å². The van der Waals surface area contributed by atoms with Crippen LogP contribution in [0.3, 0.4) is 0 Å². The highest BCUT2D eigenvalue weighted by Crippen LogP contribution is 2.51. The molecule has 0 aliphatic heterocycles. The Balaban J connectivity index is 0.955. The molecule has 11 rings (SSSR count). The van der Waals surface area contributed by atoms with Gasteiger partial charge in [0, 0.05) is 48.0 Å². The van der Waals surface area contributed by atoms with Crippen molar-refractivity contribution in [2.24, 2.45) is 10.7 Å². The standard InChI is InChI=1S/C52H38N2S/c1-30(54-47-18-9-7-14-42(47)51(53)41-24-23-40-35-12-5-4-11-34(35)38-15-10-16-39(41)50(38)40)31-20-25-48-43(27-31)44-28-32(21-26-49(44)55-48)33-19-22-37-36-13-6-8-17-45(36)52(2,3)46(37)29-33/h4-5,7-12,14-29H,1,6,13,53H2,2-3H3/b51-42-,54-47-. The van der Waals surface area contributed by atoms with Gasteiger partial charge in [0.05, 0.1) is 11.4 Å². The summed E-state index contributed by atoms with van der Waals surface area (Å²) < 4.78 is 2.54. The SMILES string of the molecule is C=C(/N=C1/C=CC=C/C1=C(/N)c1ccc2c3c(cccc13)-c1ccccc1-2)c1ccc2sc3ccc(-c4ccc5c(c4)C(C)(C)C4=C5CCC=C4)cc3c2c1. The van der Waals surface area contributed by atoms with Gasteiger partial charge in [0.1, 0.15) is 0 Å². The molecule has 7 aromatic rings. The normalized spacial score (nSPS) is 17.7. The van der Waals surface area contributed by atoms with Crippen LogP contribution in [-0.2, 0) is 5.41 Å². The zero-order valence-corrected chi connectivity index (χ0v) is 31.7. The minimum absolute atomic E-state index is 0.0126. The molecule has 0 unspecified atom stereocenters. The number of thiophene rings is 1. The Bertz CT molecular complexity index is 3050. The Morgan fingerprint density at radius 2 is 1.40 bits per heavy atom. The lowest BCUT2D eigenvalue weighted by Gasteiger charge is -2.24. The molecule has 0 fully saturated rings. The van der Waals surface area contributed by atoms with Crippen molar-refractivity contribution in [2.75, 3.05) is 0 Å². The van der Waals surface area contributed by atoms with Crippen molar-refractivity contribution in [3.63, 3.8) is 0 Å². The van der Waals surface area contributed by atoms with Crippen molar-refractivity contribution in [1.82, 2.24) is 0 Å². The molecule has 0 saturated carbocycles. The molecule has 3 heteroatoms. The van der Waals surface area contributed by atoms with Crippen LogP contribution in [0.5, 0.6) is 0 Å². The van der Waals surface area contributed by atoms with Crippen LogP contribution >= 0.6 is 11.3 Å². The number of fused-ring (bicyclic) bond motifs is 8. The molecule has 0 radical (unpaired) electrons. The fraction of sp³-hybridized carbons (Fsp3) is 0.0962. The average molecular weight is 723 g/mol. The Kier molecular flexibility index (Phi) is 6.93. The van der Waals surface area contributed by atoms with Gasteiger partial charge in [-0.1, -0.05) is 130 Å². The molecule has 55 heavy (non-hydrogen) atoms. The Morgan fingerprint density at radius 1 is 0.691 bits per heavy atom. The average Bonchev–Trinajstić information content (AvgIpc) is 3.83. The molecular weight excluding hydrogens is 685 g/mol. The van der Waals surface area contributed by atoms with E-state index >= 15 is 0 Å². The highest BCUT2D eigenvalue weighted by atomic mass is 32.1. The van der Waals surface area contributed by atoms with Crippen LogP contribution in [0.1, 0.15) is 48.9 Å². The predicted molar refractivity (Wildman–Crippen MR) is 237 cm³/mol. The van der Waals surface area contributed by atoms with Crippen molar-refractivity contribution < 1.29 is 0 Å². The molecule has 1 aromatic heterocycles. The third-order valence-corrected chi connectivity index (χ3v) is 13.4. The van der Waals surface area contributed by atoms with Gasteiger partial charge in [0.15, 0.2) is 0 Å². The van der Waals surface area contributed by atoms with E-state index in [-0.39, 0.29) is 5.41 Å². The summed E-state index contributed by atoms with van der Waals surface area (Å²) in [5, 5.41) is 4.91. The topological polar surface area (TPSA) is 38.4 Å². The molecule has 0 bridgehead atoms. The van der Waals surface area contributed by atoms with Crippen LogP contribution in [0.15, 0.2) is 168 Å². The lowest BCUT2D eigenvalue weighted by atomic mass is 9.79. The van der Waals surface area contributed by atoms with E-state index < -0.39 is 0 Å². The summed E-state index contributed by atoms with van der Waals surface area (Å²) in [6.45, 7) is 9.24. The first-order chi connectivity index (χ1) is 26.8. The highest BCUT2D eigenvalue weighted by molar-refractivity contribution is 7.25. The van der Waals surface area contributed by atoms with Crippen LogP contribution in [-0.4, -0.2) is 5.71 Å². The van der Waals surface area contributed by atoms with Gasteiger partial charge in [0.25, 0.3) is 0 Å². The van der Waals surface area contributed by atoms with E-state index in [2.05, 4.69) is 148 Å². The monoisotopic (exact) mass is 722 g/mol. The quantitative estimate of drug-likeness (QED) is 0.193. The van der Waals surface area contributed by atoms with Gasteiger partial charge in [-0.15, -0.1) is 11.3 Å². The van der Waals surface area contributed by atoms with Crippen LogP contribution < -0.4 is 5.73 Å². The predicted octanol–water partition coefficient (Wildman–Crippen LogP) is 13.8. The van der Waals surface area contributed by atoms with Gasteiger partial charge in [0.2, 0.25) is 0 Å². The molecule has 4 aliphatic carbocycles. The number of benzene rings is 6. The van der Waals surface area contributed by atoms with E-state index in [0.717, 1.165) is 40.6 Å². The largest absolute Gasteiger partial charge is 0.398 e. The third kappa shape index (κ3) is 4.76. The maximum absolute atomic E-state index is 7.11. The smallest absolute Gasteiger partial charge is 0.0730 e. The summed E-state index contributed by atoms with van der Waals surface area (Å²) in [4.78, 5) is 5.15. The maximum Gasteiger partial charge on any atom is 0.0730 e. The molecule has 6 aromatic carbocycles. The Morgan fingerprint density at radius 3 is 2.25 bits per heavy atom. The lowest BCUT2D eigenvalue weighted by Crippen LogP contribution is -2.16. The molecule has 0 saturated heterocycles. The zero-order valence-electron chi connectivity index (χ0n) is 30.9. The second kappa shape index (κ2) is 11.9. The number of aliphatic imine (C=N–C) groups is 1. The maximum atomic E-state index is 7.11. The zero-order chi connectivity index (χ0) is 37.0. The van der Waals surface area contributed by atoms with Crippen molar-refractivity contribution in [2.45, 2.75) is 32.1 Å². The molecule has 4 aliphatic rings. The minimum Gasteiger partial charge on any atom is -0.398 e. The fourth-order valence-corrected chi connectivity index (χ4v) is 10.6. The number of rotatable bonds is 4. The molecule has 2 nitrogen and oxygen atoms in total. The number of allylic oxidation sites excluding steroid dienone is 9. The molecule has 2 N–H and O–H groups in total. The van der Waals surface area contributed by atoms with Gasteiger partial charge in [-0.05, 0) is 116 Å². The van der Waals surface area contributed by atoms with Gasteiger partial charge < -0.3 is 5.73 Å². The second-order valence-electron chi connectivity index (χ2n) is 15.7. The Hall–Kier alpha value is -6.29. The molecule has 0 amide bonds. The molecule has 1 heterocycles. The highest BCUT2D eigenvalue weighted by Gasteiger charge is 2.37. The molecule has 0 spiro atoms. The van der Waals surface area contributed by atoms with Gasteiger partial charge in [-0.2, -0.15) is 0 Å². The molecular formula is C52H38N2S. The van der Waals surface area contributed by atoms with E-state index in [4.69, 9.17) is 10.7 Å². The summed E-state index contributed by atoms with van der Waals surface area (Å²) in [7, 11) is 0. The summed E-state index contributed by atoms with van der Waals surface area (Å²) in [6.07, 6.45) is 15.1. The van der Waals surface area contributed by atoms with Crippen LogP contribution in [0.2, 0.25) is 0 Å². The van der Waals surface area contributed by atoms with E-state index in [1.54, 1.807) is 0 Å². The molecule has 262 valence electrons. The van der Waals surface area contributed by atoms with Crippen molar-refractivity contribution in [3.05, 3.63) is 186 Å². The van der Waals surface area contributed by atoms with Gasteiger partial charge >= 0.3 is 0 Å². The number of nitrogens with zero attached hydrogens (tertiary/aromatic N) is 1. The lowest BCUT2D eigenvalue weighted by molar-refractivity contribution is 0.651. The van der Waals surface area contributed by atoms with Crippen LogP contribution in [0, 0.1) is 0 Å². The second-order valence-corrected chi connectivity index (χ2v) is 16.8. The van der Waals surface area contributed by atoms with Gasteiger partial charge in [-0.3, -0.25) is 0 Å². The number of hydrogen-bond donors (Lipinski definition) is 1. The van der Waals surface area contributed by atoms with Crippen LogP contribution in [0.4, 0.5) is 0 Å². The number of hydrogen-bond acceptors (Lipinski definition) is 3. The van der Waals surface area contributed by atoms with E-state index in [1.807, 2.05) is 29.6 Å². The van der Waals surface area contributed by atoms with E-state index in [1.165, 1.54) is 81.2 Å². The summed E-state index contributed by atoms with van der Waals surface area (Å²) in [5.74, 6) is 0. The van der Waals surface area contributed by atoms with Crippen molar-refractivity contribution >= 4 is 65.0 Å². The molecule has 0 atom stereocenters. The first-order valence-electron chi connectivity index (χ1n) is 19.2. The summed E-state index contributed by atoms with van der Waals surface area (Å²) in [5.41, 5.74) is 25.7. The van der Waals surface area contributed by atoms with E-state index in [0.29, 0.717) is 11.4 Å². The first-order valence-corrected chi connectivity index (χ1v) is 20.0. The Labute approximate surface area is 325 Å². The van der Waals surface area contributed by atoms with E-state index in [9.17, 15) is 0 Å².